The van der Waals surface area contributed by atoms with E-state index in [1.165, 1.54) is 0 Å². The van der Waals surface area contributed by atoms with Crippen LogP contribution in [0.4, 0.5) is 0 Å². The maximum Gasteiger partial charge on any atom is -0.0108 e. The van der Waals surface area contributed by atoms with Crippen LogP contribution in [0.3, 0.4) is 0 Å². The van der Waals surface area contributed by atoms with E-state index in [4.69, 9.17) is 0 Å². The summed E-state index contributed by atoms with van der Waals surface area (Å²) in [6, 6.07) is 0. The van der Waals surface area contributed by atoms with Crippen LogP contribution in [0.5, 0.6) is 0 Å². The molecule has 0 saturated carbocycles. The number of hydrogen-bond acceptors (Lipinski definition) is 0. The van der Waals surface area contributed by atoms with Crippen molar-refractivity contribution in [2.45, 2.75) is 334 Å². The Hall–Kier alpha value is -4.68. The molecular weight excluding hydrogens is 1030 g/mol. The predicted molar refractivity (Wildman–Crippen MR) is 388 cm³/mol. The lowest BCUT2D eigenvalue weighted by Gasteiger charge is -2.35. The van der Waals surface area contributed by atoms with Gasteiger partial charge < -0.3 is 0 Å². The van der Waals surface area contributed by atoms with E-state index in [9.17, 15) is 0 Å². The van der Waals surface area contributed by atoms with Crippen LogP contribution < -0.4 is 0 Å². The standard InChI is InChI=1S/C86H126/c1-27-53-51(25)54(28-2)58(32-6)77(57(53)31-5)79-61(35-9)65(39-13)81(66(40-14)62(79)36-10)83-69(43-17)73(47-21)85(74(48-22)70(83)44-18)86-75(49-23)71(45-19)84(72(46-20)76(86)50-24)82-67(41-15)63(37-11)80(64(38-12)68(82)42-16)78-59(33-7)55(29-3)52(26)56(30-4)60(78)34-8/h27-50H2,1-26H3. The average molecular weight is 1160 g/mol. The maximum absolute atomic E-state index is 2.52. The topological polar surface area (TPSA) is 0 Å². The fraction of sp³-hybridized carbons (Fsp3) is 0.581. The molecule has 0 aliphatic carbocycles. The van der Waals surface area contributed by atoms with Crippen molar-refractivity contribution in [1.29, 1.82) is 0 Å². The molecule has 0 amide bonds. The summed E-state index contributed by atoms with van der Waals surface area (Å²) in [7, 11) is 0. The van der Waals surface area contributed by atoms with Gasteiger partial charge in [-0.05, 0) is 368 Å². The SMILES string of the molecule is CCc1c(C)c(CC)c(CC)c(-c2c(CC)c(CC)c(-c3c(CC)c(CC)c(-c4c(CC)c(CC)c(-c5c(CC)c(CC)c(-c6c(CC)c(CC)c(C)c(CC)c6CC)c(CC)c5CC)c(CC)c4CC)c(CC)c3CC)c(CC)c2CC)c1CC. The van der Waals surface area contributed by atoms with E-state index < -0.39 is 0 Å². The Labute approximate surface area is 531 Å². The third-order valence-electron chi connectivity index (χ3n) is 22.0. The molecule has 0 unspecified atom stereocenters. The van der Waals surface area contributed by atoms with Crippen molar-refractivity contribution in [3.8, 4) is 55.6 Å². The van der Waals surface area contributed by atoms with Gasteiger partial charge in [0.25, 0.3) is 0 Å². The highest BCUT2D eigenvalue weighted by Gasteiger charge is 2.36. The summed E-state index contributed by atoms with van der Waals surface area (Å²) in [4.78, 5) is 0. The molecule has 0 radical (unpaired) electrons. The Bertz CT molecular complexity index is 2980. The lowest BCUT2D eigenvalue weighted by atomic mass is 9.69. The minimum Gasteiger partial charge on any atom is -0.0613 e. The maximum atomic E-state index is 2.52. The van der Waals surface area contributed by atoms with Crippen LogP contribution in [-0.4, -0.2) is 0 Å². The molecule has 0 spiro atoms. The molecular formula is C86H126. The van der Waals surface area contributed by atoms with E-state index in [-0.39, 0.29) is 0 Å². The molecule has 0 aliphatic rings. The molecule has 470 valence electrons. The van der Waals surface area contributed by atoms with Gasteiger partial charge >= 0.3 is 0 Å². The molecule has 0 fully saturated rings. The quantitative estimate of drug-likeness (QED) is 0.0439. The van der Waals surface area contributed by atoms with E-state index in [0.29, 0.717) is 0 Å². The molecule has 0 bridgehead atoms. The van der Waals surface area contributed by atoms with Crippen molar-refractivity contribution in [2.75, 3.05) is 0 Å². The van der Waals surface area contributed by atoms with E-state index >= 15 is 0 Å². The monoisotopic (exact) mass is 1160 g/mol. The molecule has 0 atom stereocenters. The molecule has 6 aromatic carbocycles. The summed E-state index contributed by atoms with van der Waals surface area (Å²) >= 11 is 0. The van der Waals surface area contributed by atoms with Gasteiger partial charge in [0.2, 0.25) is 0 Å². The molecule has 6 aromatic rings. The summed E-state index contributed by atoms with van der Waals surface area (Å²) in [6.07, 6.45) is 25.3. The van der Waals surface area contributed by atoms with Crippen LogP contribution in [-0.2, 0) is 154 Å². The van der Waals surface area contributed by atoms with Gasteiger partial charge in [-0.3, -0.25) is 0 Å². The summed E-state index contributed by atoms with van der Waals surface area (Å²) in [5.74, 6) is 0. The number of benzene rings is 6. The van der Waals surface area contributed by atoms with Crippen molar-refractivity contribution in [2.24, 2.45) is 0 Å². The van der Waals surface area contributed by atoms with Gasteiger partial charge in [0.1, 0.15) is 0 Å². The second-order valence-corrected chi connectivity index (χ2v) is 25.0. The van der Waals surface area contributed by atoms with Gasteiger partial charge in [0.15, 0.2) is 0 Å². The van der Waals surface area contributed by atoms with Crippen LogP contribution in [0.25, 0.3) is 55.6 Å². The Morgan fingerprint density at radius 1 is 0.105 bits per heavy atom. The smallest absolute Gasteiger partial charge is 0.0108 e. The molecule has 0 nitrogen and oxygen atoms in total. The third kappa shape index (κ3) is 11.3. The lowest BCUT2D eigenvalue weighted by molar-refractivity contribution is 0.931. The van der Waals surface area contributed by atoms with E-state index in [0.717, 1.165) is 154 Å². The van der Waals surface area contributed by atoms with Crippen LogP contribution in [0, 0.1) is 13.8 Å². The Kier molecular flexibility index (Phi) is 25.5. The van der Waals surface area contributed by atoms with E-state index in [1.807, 2.05) is 0 Å². The molecule has 0 aromatic heterocycles. The third-order valence-corrected chi connectivity index (χ3v) is 22.0. The normalized spacial score (nSPS) is 11.8. The molecule has 0 heteroatoms. The zero-order chi connectivity index (χ0) is 63.8. The molecule has 0 N–H and O–H groups in total. The molecule has 0 heterocycles. The highest BCUT2D eigenvalue weighted by molar-refractivity contribution is 5.96. The molecule has 6 rings (SSSR count). The summed E-state index contributed by atoms with van der Waals surface area (Å²) < 4.78 is 0. The predicted octanol–water partition coefficient (Wildman–Crippen LogP) is 24.1. The van der Waals surface area contributed by atoms with Crippen molar-refractivity contribution in [1.82, 2.24) is 0 Å². The Morgan fingerprint density at radius 2 is 0.163 bits per heavy atom. The van der Waals surface area contributed by atoms with Crippen molar-refractivity contribution in [3.05, 3.63) is 145 Å². The van der Waals surface area contributed by atoms with Crippen molar-refractivity contribution < 1.29 is 0 Å². The average Bonchev–Trinajstić information content (AvgIpc) is 0.733. The largest absolute Gasteiger partial charge is 0.0613 e. The van der Waals surface area contributed by atoms with Crippen LogP contribution in [0.1, 0.15) is 311 Å². The Morgan fingerprint density at radius 3 is 0.221 bits per heavy atom. The highest BCUT2D eigenvalue weighted by atomic mass is 14.4. The van der Waals surface area contributed by atoms with E-state index in [2.05, 4.69) is 180 Å². The first-order valence-electron chi connectivity index (χ1n) is 36.7. The summed E-state index contributed by atoms with van der Waals surface area (Å²) in [6.45, 7) is 64.4. The second-order valence-electron chi connectivity index (χ2n) is 25.0. The molecule has 0 aliphatic heterocycles. The van der Waals surface area contributed by atoms with E-state index in [1.54, 1.807) is 200 Å². The summed E-state index contributed by atoms with van der Waals surface area (Å²) in [5.41, 5.74) is 58.3. The zero-order valence-electron chi connectivity index (χ0n) is 61.0. The highest BCUT2D eigenvalue weighted by Crippen LogP contribution is 2.54. The number of hydrogen-bond donors (Lipinski definition) is 0. The zero-order valence-corrected chi connectivity index (χ0v) is 61.0. The van der Waals surface area contributed by atoms with Gasteiger partial charge in [-0.1, -0.05) is 166 Å². The Balaban J connectivity index is 1.91. The molecule has 0 saturated heterocycles. The first kappa shape index (κ1) is 70.4. The fourth-order valence-corrected chi connectivity index (χ4v) is 18.8. The van der Waals surface area contributed by atoms with Gasteiger partial charge in [0, 0.05) is 0 Å². The number of rotatable bonds is 29. The first-order chi connectivity index (χ1) is 41.6. The van der Waals surface area contributed by atoms with Crippen LogP contribution >= 0.6 is 0 Å². The van der Waals surface area contributed by atoms with Crippen molar-refractivity contribution in [3.63, 3.8) is 0 Å². The second kappa shape index (κ2) is 31.2. The van der Waals surface area contributed by atoms with Gasteiger partial charge in [-0.2, -0.15) is 0 Å². The fourth-order valence-electron chi connectivity index (χ4n) is 18.8. The van der Waals surface area contributed by atoms with Gasteiger partial charge in [-0.15, -0.1) is 0 Å². The lowest BCUT2D eigenvalue weighted by Crippen LogP contribution is -2.17. The molecule has 86 heavy (non-hydrogen) atoms. The van der Waals surface area contributed by atoms with Crippen LogP contribution in [0.15, 0.2) is 0 Å². The minimum atomic E-state index is 1.03. The minimum absolute atomic E-state index is 1.03. The first-order valence-corrected chi connectivity index (χ1v) is 36.7. The summed E-state index contributed by atoms with van der Waals surface area (Å²) in [5, 5.41) is 0. The van der Waals surface area contributed by atoms with Crippen molar-refractivity contribution >= 4 is 0 Å². The van der Waals surface area contributed by atoms with Gasteiger partial charge in [-0.25, -0.2) is 0 Å². The van der Waals surface area contributed by atoms with Gasteiger partial charge in [0.05, 0.1) is 0 Å². The van der Waals surface area contributed by atoms with Crippen LogP contribution in [0.2, 0.25) is 0 Å².